The van der Waals surface area contributed by atoms with E-state index in [0.717, 1.165) is 44.2 Å². The van der Waals surface area contributed by atoms with E-state index in [1.807, 2.05) is 6.08 Å². The average Bonchev–Trinajstić information content (AvgIpc) is 3.10. The second kappa shape index (κ2) is 15.3. The Labute approximate surface area is 219 Å². The summed E-state index contributed by atoms with van der Waals surface area (Å²) in [4.78, 5) is 2.27. The van der Waals surface area contributed by atoms with Gasteiger partial charge in [-0.2, -0.15) is 0 Å². The number of hydrogen-bond donors (Lipinski definition) is 3. The number of aliphatic hydroxyl groups is 3. The van der Waals surface area contributed by atoms with Gasteiger partial charge in [0.1, 0.15) is 18.0 Å². The predicted octanol–water partition coefficient (Wildman–Crippen LogP) is 7.58. The molecule has 2 unspecified atom stereocenters. The van der Waals surface area contributed by atoms with Crippen LogP contribution < -0.4 is 0 Å². The Morgan fingerprint density at radius 2 is 1.61 bits per heavy atom. The maximum atomic E-state index is 10.7. The highest BCUT2D eigenvalue weighted by atomic mass is 16.3. The lowest BCUT2D eigenvalue weighted by atomic mass is 10.0. The molecule has 4 heteroatoms. The van der Waals surface area contributed by atoms with Gasteiger partial charge in [-0.05, 0) is 88.6 Å². The summed E-state index contributed by atoms with van der Waals surface area (Å²) in [6.07, 6.45) is 28.0. The SMILES string of the molecule is CC1=CC=C(C=C2C(O)=C(CCCCCCCCCCC=C3C=CN(C)CCC3)C(O)C2O)CCC1. The van der Waals surface area contributed by atoms with E-state index >= 15 is 0 Å². The minimum absolute atomic E-state index is 0.113. The summed E-state index contributed by atoms with van der Waals surface area (Å²) in [5.74, 6) is 0.113. The molecule has 0 fully saturated rings. The Balaban J connectivity index is 1.30. The molecule has 0 radical (unpaired) electrons. The van der Waals surface area contributed by atoms with Crippen molar-refractivity contribution < 1.29 is 15.3 Å². The third kappa shape index (κ3) is 9.12. The molecule has 0 aromatic carbocycles. The van der Waals surface area contributed by atoms with Crippen LogP contribution in [0.2, 0.25) is 0 Å². The van der Waals surface area contributed by atoms with Crippen LogP contribution in [-0.4, -0.2) is 46.0 Å². The van der Waals surface area contributed by atoms with Crippen LogP contribution in [0.4, 0.5) is 0 Å². The van der Waals surface area contributed by atoms with E-state index in [1.54, 1.807) is 0 Å². The van der Waals surface area contributed by atoms with Gasteiger partial charge in [0.15, 0.2) is 0 Å². The normalized spacial score (nSPS) is 25.4. The Hall–Kier alpha value is -2.04. The third-order valence-corrected chi connectivity index (χ3v) is 7.84. The first-order valence-electron chi connectivity index (χ1n) is 14.4. The van der Waals surface area contributed by atoms with E-state index < -0.39 is 12.2 Å². The monoisotopic (exact) mass is 495 g/mol. The number of rotatable bonds is 12. The predicted molar refractivity (Wildman–Crippen MR) is 151 cm³/mol. The number of aliphatic hydroxyl groups excluding tert-OH is 3. The zero-order valence-corrected chi connectivity index (χ0v) is 22.7. The maximum Gasteiger partial charge on any atom is 0.123 e. The van der Waals surface area contributed by atoms with Gasteiger partial charge in [-0.25, -0.2) is 0 Å². The first-order valence-corrected chi connectivity index (χ1v) is 14.4. The van der Waals surface area contributed by atoms with Crippen molar-refractivity contribution in [3.63, 3.8) is 0 Å². The molecule has 0 bridgehead atoms. The average molecular weight is 496 g/mol. The Morgan fingerprint density at radius 1 is 0.889 bits per heavy atom. The smallest absolute Gasteiger partial charge is 0.123 e. The van der Waals surface area contributed by atoms with Crippen LogP contribution in [0.3, 0.4) is 0 Å². The van der Waals surface area contributed by atoms with Gasteiger partial charge in [-0.1, -0.05) is 67.9 Å². The molecule has 0 saturated heterocycles. The van der Waals surface area contributed by atoms with E-state index in [-0.39, 0.29) is 5.76 Å². The van der Waals surface area contributed by atoms with Crippen molar-refractivity contribution in [2.24, 2.45) is 0 Å². The molecule has 3 aliphatic rings. The molecule has 0 aromatic rings. The molecule has 36 heavy (non-hydrogen) atoms. The van der Waals surface area contributed by atoms with Crippen molar-refractivity contribution in [2.75, 3.05) is 13.6 Å². The number of allylic oxidation sites excluding steroid dienone is 8. The second-order valence-electron chi connectivity index (χ2n) is 11.0. The van der Waals surface area contributed by atoms with Crippen molar-refractivity contribution in [3.05, 3.63) is 70.2 Å². The first kappa shape index (κ1) is 28.5. The molecule has 200 valence electrons. The molecule has 0 saturated carbocycles. The fourth-order valence-corrected chi connectivity index (χ4v) is 5.44. The van der Waals surface area contributed by atoms with Gasteiger partial charge < -0.3 is 20.2 Å². The minimum Gasteiger partial charge on any atom is -0.508 e. The quantitative estimate of drug-likeness (QED) is 0.244. The lowest BCUT2D eigenvalue weighted by Crippen LogP contribution is -2.23. The summed E-state index contributed by atoms with van der Waals surface area (Å²) >= 11 is 0. The third-order valence-electron chi connectivity index (χ3n) is 7.84. The van der Waals surface area contributed by atoms with Crippen LogP contribution in [0.15, 0.2) is 70.2 Å². The number of unbranched alkanes of at least 4 members (excludes halogenated alkanes) is 8. The molecule has 4 nitrogen and oxygen atoms in total. The maximum absolute atomic E-state index is 10.7. The Morgan fingerprint density at radius 3 is 2.39 bits per heavy atom. The van der Waals surface area contributed by atoms with Crippen LogP contribution in [0.25, 0.3) is 0 Å². The van der Waals surface area contributed by atoms with Gasteiger partial charge >= 0.3 is 0 Å². The Bertz CT molecular complexity index is 889. The summed E-state index contributed by atoms with van der Waals surface area (Å²) < 4.78 is 0. The highest BCUT2D eigenvalue weighted by Crippen LogP contribution is 2.35. The van der Waals surface area contributed by atoms with Gasteiger partial charge in [-0.3, -0.25) is 0 Å². The van der Waals surface area contributed by atoms with Gasteiger partial charge in [0.05, 0.1) is 0 Å². The fourth-order valence-electron chi connectivity index (χ4n) is 5.44. The van der Waals surface area contributed by atoms with E-state index in [2.05, 4.69) is 49.4 Å². The number of hydrogen-bond acceptors (Lipinski definition) is 4. The minimum atomic E-state index is -1.02. The van der Waals surface area contributed by atoms with Crippen molar-refractivity contribution in [3.8, 4) is 0 Å². The van der Waals surface area contributed by atoms with Gasteiger partial charge in [0.25, 0.3) is 0 Å². The molecule has 3 rings (SSSR count). The van der Waals surface area contributed by atoms with Crippen LogP contribution in [0.1, 0.15) is 103 Å². The van der Waals surface area contributed by atoms with Crippen LogP contribution >= 0.6 is 0 Å². The van der Waals surface area contributed by atoms with Crippen LogP contribution in [0.5, 0.6) is 0 Å². The largest absolute Gasteiger partial charge is 0.508 e. The molecule has 0 spiro atoms. The molecule has 0 aromatic heterocycles. The summed E-state index contributed by atoms with van der Waals surface area (Å²) in [7, 11) is 2.15. The van der Waals surface area contributed by atoms with E-state index in [9.17, 15) is 15.3 Å². The topological polar surface area (TPSA) is 63.9 Å². The summed E-state index contributed by atoms with van der Waals surface area (Å²) in [5.41, 5.74) is 5.04. The zero-order chi connectivity index (χ0) is 25.8. The standard InChI is InChI=1S/C32H49NO3/c1-25-14-12-16-27(20-19-25)24-29-30(34)28(31(35)32(29)36)18-11-9-7-5-3-4-6-8-10-15-26-17-13-22-33(2)23-21-26/h15,19-21,23-24,31-32,34-36H,3-14,16-18,22H2,1-2H3. The molecular weight excluding hydrogens is 446 g/mol. The van der Waals surface area contributed by atoms with Gasteiger partial charge in [-0.15, -0.1) is 0 Å². The molecular formula is C32H49NO3. The molecule has 2 atom stereocenters. The van der Waals surface area contributed by atoms with E-state index in [1.165, 1.54) is 68.9 Å². The lowest BCUT2D eigenvalue weighted by Gasteiger charge is -2.12. The fraction of sp³-hybridized carbons (Fsp3) is 0.625. The van der Waals surface area contributed by atoms with Crippen molar-refractivity contribution in [2.45, 2.75) is 115 Å². The highest BCUT2D eigenvalue weighted by molar-refractivity contribution is 5.47. The van der Waals surface area contributed by atoms with Crippen molar-refractivity contribution >= 4 is 0 Å². The molecule has 2 aliphatic carbocycles. The van der Waals surface area contributed by atoms with E-state index in [0.29, 0.717) is 17.6 Å². The first-order chi connectivity index (χ1) is 17.5. The molecule has 0 amide bonds. The summed E-state index contributed by atoms with van der Waals surface area (Å²) in [6, 6.07) is 0. The van der Waals surface area contributed by atoms with Crippen LogP contribution in [0, 0.1) is 0 Å². The van der Waals surface area contributed by atoms with E-state index in [4.69, 9.17) is 0 Å². The molecule has 3 N–H and O–H groups in total. The summed E-state index contributed by atoms with van der Waals surface area (Å²) in [5, 5.41) is 31.8. The number of nitrogens with zero attached hydrogens (tertiary/aromatic N) is 1. The zero-order valence-electron chi connectivity index (χ0n) is 22.7. The van der Waals surface area contributed by atoms with Crippen molar-refractivity contribution in [1.82, 2.24) is 4.90 Å². The highest BCUT2D eigenvalue weighted by Gasteiger charge is 2.36. The second-order valence-corrected chi connectivity index (χ2v) is 11.0. The van der Waals surface area contributed by atoms with Gasteiger partial charge in [0, 0.05) is 24.7 Å². The summed E-state index contributed by atoms with van der Waals surface area (Å²) in [6.45, 7) is 3.29. The lowest BCUT2D eigenvalue weighted by molar-refractivity contribution is 0.0738. The van der Waals surface area contributed by atoms with Gasteiger partial charge in [0.2, 0.25) is 0 Å². The Kier molecular flexibility index (Phi) is 12.1. The molecule has 1 heterocycles. The molecule has 1 aliphatic heterocycles. The van der Waals surface area contributed by atoms with Crippen molar-refractivity contribution in [1.29, 1.82) is 0 Å². The van der Waals surface area contributed by atoms with Crippen LogP contribution in [-0.2, 0) is 0 Å².